The predicted molar refractivity (Wildman–Crippen MR) is 67.8 cm³/mol. The van der Waals surface area contributed by atoms with Gasteiger partial charge in [0.1, 0.15) is 11.8 Å². The van der Waals surface area contributed by atoms with Gasteiger partial charge in [-0.15, -0.1) is 0 Å². The minimum absolute atomic E-state index is 0.206. The molecule has 1 aromatic heterocycles. The van der Waals surface area contributed by atoms with Crippen LogP contribution in [-0.4, -0.2) is 27.9 Å². The number of carbonyl (C=O) groups is 1. The number of pyridine rings is 1. The Morgan fingerprint density at radius 2 is 2.32 bits per heavy atom. The summed E-state index contributed by atoms with van der Waals surface area (Å²) >= 11 is 0. The van der Waals surface area contributed by atoms with Crippen molar-refractivity contribution >= 4 is 5.97 Å². The van der Waals surface area contributed by atoms with Crippen molar-refractivity contribution in [3.63, 3.8) is 0 Å². The number of aryl methyl sites for hydroxylation is 1. The normalized spacial score (nSPS) is 18.3. The largest absolute Gasteiger partial charge is 0.480 e. The van der Waals surface area contributed by atoms with Crippen molar-refractivity contribution < 1.29 is 19.4 Å². The van der Waals surface area contributed by atoms with Gasteiger partial charge in [-0.3, -0.25) is 9.78 Å². The SMILES string of the molecule is Cc1ncc(C[C@H](N)C(=O)O)c2c1OC(C)(C)OC2. The number of fused-ring (bicyclic) bond motifs is 1. The standard InChI is InChI=1S/C13H18N2O4/c1-7-11-9(6-18-13(2,3)19-11)8(5-15-7)4-10(14)12(16)17/h5,10H,4,6,14H2,1-3H3,(H,16,17)/t10-/m0/s1. The van der Waals surface area contributed by atoms with Crippen LogP contribution in [0.25, 0.3) is 0 Å². The molecule has 0 saturated heterocycles. The second-order valence-corrected chi connectivity index (χ2v) is 5.12. The molecule has 2 rings (SSSR count). The van der Waals surface area contributed by atoms with Gasteiger partial charge in [0.25, 0.3) is 0 Å². The molecule has 104 valence electrons. The van der Waals surface area contributed by atoms with E-state index in [0.29, 0.717) is 12.4 Å². The highest BCUT2D eigenvalue weighted by Crippen LogP contribution is 2.35. The Bertz CT molecular complexity index is 514. The van der Waals surface area contributed by atoms with Crippen LogP contribution in [0.4, 0.5) is 0 Å². The number of aromatic nitrogens is 1. The number of rotatable bonds is 3. The van der Waals surface area contributed by atoms with Crippen molar-refractivity contribution in [3.8, 4) is 5.75 Å². The zero-order chi connectivity index (χ0) is 14.2. The monoisotopic (exact) mass is 266 g/mol. The molecule has 6 heteroatoms. The first kappa shape index (κ1) is 13.8. The number of ether oxygens (including phenoxy) is 2. The summed E-state index contributed by atoms with van der Waals surface area (Å²) in [5.41, 5.74) is 7.92. The fourth-order valence-corrected chi connectivity index (χ4v) is 1.99. The Kier molecular flexibility index (Phi) is 3.47. The third-order valence-electron chi connectivity index (χ3n) is 3.07. The molecular formula is C13H18N2O4. The van der Waals surface area contributed by atoms with Crippen molar-refractivity contribution in [2.45, 2.75) is 45.6 Å². The van der Waals surface area contributed by atoms with Crippen molar-refractivity contribution in [2.75, 3.05) is 0 Å². The summed E-state index contributed by atoms with van der Waals surface area (Å²) in [5, 5.41) is 8.88. The molecule has 0 radical (unpaired) electrons. The molecule has 0 fully saturated rings. The van der Waals surface area contributed by atoms with Crippen molar-refractivity contribution in [1.82, 2.24) is 4.98 Å². The van der Waals surface area contributed by atoms with E-state index in [9.17, 15) is 4.79 Å². The van der Waals surface area contributed by atoms with Crippen LogP contribution < -0.4 is 10.5 Å². The molecule has 1 aliphatic rings. The summed E-state index contributed by atoms with van der Waals surface area (Å²) in [4.78, 5) is 15.1. The van der Waals surface area contributed by atoms with E-state index in [-0.39, 0.29) is 6.42 Å². The molecule has 0 spiro atoms. The minimum atomic E-state index is -1.03. The predicted octanol–water partition coefficient (Wildman–Crippen LogP) is 0.990. The average Bonchev–Trinajstić information content (AvgIpc) is 2.32. The van der Waals surface area contributed by atoms with Gasteiger partial charge < -0.3 is 20.3 Å². The minimum Gasteiger partial charge on any atom is -0.480 e. The number of aliphatic carboxylic acids is 1. The zero-order valence-corrected chi connectivity index (χ0v) is 11.3. The Morgan fingerprint density at radius 1 is 1.63 bits per heavy atom. The average molecular weight is 266 g/mol. The summed E-state index contributed by atoms with van der Waals surface area (Å²) in [7, 11) is 0. The first-order chi connectivity index (χ1) is 8.80. The molecule has 0 amide bonds. The molecular weight excluding hydrogens is 248 g/mol. The topological polar surface area (TPSA) is 94.7 Å². The van der Waals surface area contributed by atoms with Crippen molar-refractivity contribution in [1.29, 1.82) is 0 Å². The number of nitrogens with two attached hydrogens (primary N) is 1. The molecule has 0 unspecified atom stereocenters. The maximum atomic E-state index is 10.8. The fraction of sp³-hybridized carbons (Fsp3) is 0.538. The highest BCUT2D eigenvalue weighted by molar-refractivity contribution is 5.73. The van der Waals surface area contributed by atoms with Crippen LogP contribution in [0, 0.1) is 6.92 Å². The lowest BCUT2D eigenvalue weighted by atomic mass is 10.0. The lowest BCUT2D eigenvalue weighted by Gasteiger charge is -2.34. The van der Waals surface area contributed by atoms with Gasteiger partial charge >= 0.3 is 5.97 Å². The number of carboxylic acids is 1. The number of hydrogen-bond donors (Lipinski definition) is 2. The third-order valence-corrected chi connectivity index (χ3v) is 3.07. The summed E-state index contributed by atoms with van der Waals surface area (Å²) < 4.78 is 11.4. The van der Waals surface area contributed by atoms with Crippen molar-refractivity contribution in [2.24, 2.45) is 5.73 Å². The lowest BCUT2D eigenvalue weighted by molar-refractivity contribution is -0.180. The van der Waals surface area contributed by atoms with Gasteiger partial charge in [-0.05, 0) is 12.5 Å². The van der Waals surface area contributed by atoms with Gasteiger partial charge in [0.15, 0.2) is 0 Å². The van der Waals surface area contributed by atoms with E-state index in [2.05, 4.69) is 4.98 Å². The molecule has 0 aliphatic carbocycles. The second kappa shape index (κ2) is 4.79. The number of carboxylic acid groups (broad SMARTS) is 1. The molecule has 3 N–H and O–H groups in total. The molecule has 6 nitrogen and oxygen atoms in total. The molecule has 0 aromatic carbocycles. The van der Waals surface area contributed by atoms with Crippen LogP contribution in [0.1, 0.15) is 30.7 Å². The van der Waals surface area contributed by atoms with E-state index in [1.165, 1.54) is 0 Å². The highest BCUT2D eigenvalue weighted by atomic mass is 16.7. The van der Waals surface area contributed by atoms with E-state index >= 15 is 0 Å². The van der Waals surface area contributed by atoms with Gasteiger partial charge in [-0.1, -0.05) is 0 Å². The highest BCUT2D eigenvalue weighted by Gasteiger charge is 2.31. The maximum absolute atomic E-state index is 10.8. The van der Waals surface area contributed by atoms with Crippen LogP contribution >= 0.6 is 0 Å². The van der Waals surface area contributed by atoms with Crippen LogP contribution in [0.5, 0.6) is 5.75 Å². The molecule has 1 aromatic rings. The first-order valence-corrected chi connectivity index (χ1v) is 6.09. The van der Waals surface area contributed by atoms with Gasteiger partial charge in [0.05, 0.1) is 12.3 Å². The molecule has 0 bridgehead atoms. The number of hydrogen-bond acceptors (Lipinski definition) is 5. The molecule has 1 atom stereocenters. The Balaban J connectivity index is 2.36. The summed E-state index contributed by atoms with van der Waals surface area (Å²) in [5.74, 6) is -1.06. The van der Waals surface area contributed by atoms with Gasteiger partial charge in [0.2, 0.25) is 5.79 Å². The smallest absolute Gasteiger partial charge is 0.320 e. The second-order valence-electron chi connectivity index (χ2n) is 5.12. The van der Waals surface area contributed by atoms with Gasteiger partial charge in [0, 0.05) is 32.0 Å². The molecule has 2 heterocycles. The van der Waals surface area contributed by atoms with E-state index in [1.54, 1.807) is 6.20 Å². The summed E-state index contributed by atoms with van der Waals surface area (Å²) in [6.07, 6.45) is 1.85. The maximum Gasteiger partial charge on any atom is 0.320 e. The quantitative estimate of drug-likeness (QED) is 0.847. The van der Waals surface area contributed by atoms with Crippen LogP contribution in [0.3, 0.4) is 0 Å². The Hall–Kier alpha value is -1.66. The zero-order valence-electron chi connectivity index (χ0n) is 11.3. The van der Waals surface area contributed by atoms with E-state index in [0.717, 1.165) is 16.8 Å². The lowest BCUT2D eigenvalue weighted by Crippen LogP contribution is -2.37. The van der Waals surface area contributed by atoms with E-state index in [1.807, 2.05) is 20.8 Å². The fourth-order valence-electron chi connectivity index (χ4n) is 1.99. The summed E-state index contributed by atoms with van der Waals surface area (Å²) in [6.45, 7) is 5.87. The van der Waals surface area contributed by atoms with E-state index in [4.69, 9.17) is 20.3 Å². The van der Waals surface area contributed by atoms with Gasteiger partial charge in [-0.2, -0.15) is 0 Å². The van der Waals surface area contributed by atoms with Gasteiger partial charge in [-0.25, -0.2) is 0 Å². The van der Waals surface area contributed by atoms with Crippen LogP contribution in [-0.2, 0) is 22.6 Å². The van der Waals surface area contributed by atoms with Crippen LogP contribution in [0.2, 0.25) is 0 Å². The van der Waals surface area contributed by atoms with Crippen molar-refractivity contribution in [3.05, 3.63) is 23.0 Å². The molecule has 19 heavy (non-hydrogen) atoms. The summed E-state index contributed by atoms with van der Waals surface area (Å²) in [6, 6.07) is -0.955. The van der Waals surface area contributed by atoms with Crippen LogP contribution in [0.15, 0.2) is 6.20 Å². The number of nitrogens with zero attached hydrogens (tertiary/aromatic N) is 1. The third kappa shape index (κ3) is 2.85. The first-order valence-electron chi connectivity index (χ1n) is 6.09. The Labute approximate surface area is 111 Å². The molecule has 0 saturated carbocycles. The molecule has 1 aliphatic heterocycles. The Morgan fingerprint density at radius 3 is 2.95 bits per heavy atom. The van der Waals surface area contributed by atoms with E-state index < -0.39 is 17.8 Å².